The van der Waals surface area contributed by atoms with Crippen LogP contribution in [0.25, 0.3) is 16.9 Å². The Morgan fingerprint density at radius 2 is 1.93 bits per heavy atom. The first-order valence-corrected chi connectivity index (χ1v) is 8.20. The van der Waals surface area contributed by atoms with Crippen molar-refractivity contribution in [2.45, 2.75) is 6.42 Å². The van der Waals surface area contributed by atoms with Gasteiger partial charge in [0.2, 0.25) is 11.6 Å². The lowest BCUT2D eigenvalue weighted by Gasteiger charge is -2.09. The van der Waals surface area contributed by atoms with Crippen LogP contribution in [0.15, 0.2) is 41.5 Å². The molecule has 9 heteroatoms. The molecule has 2 amide bonds. The number of fused-ring (bicyclic) bond motifs is 1. The average molecular weight is 369 g/mol. The van der Waals surface area contributed by atoms with E-state index >= 15 is 0 Å². The fourth-order valence-electron chi connectivity index (χ4n) is 2.66. The number of nitrogens with zero attached hydrogens (tertiary/aromatic N) is 3. The molecule has 0 saturated heterocycles. The second kappa shape index (κ2) is 7.32. The van der Waals surface area contributed by atoms with Crippen molar-refractivity contribution in [1.82, 2.24) is 19.3 Å². The van der Waals surface area contributed by atoms with Gasteiger partial charge in [-0.3, -0.25) is 18.8 Å². The van der Waals surface area contributed by atoms with E-state index in [1.807, 2.05) is 12.1 Å². The smallest absolute Gasteiger partial charge is 0.294 e. The van der Waals surface area contributed by atoms with Crippen LogP contribution in [-0.2, 0) is 11.8 Å². The maximum atomic E-state index is 12.6. The number of nitrogens with one attached hydrogen (secondary N) is 1. The third-order valence-corrected chi connectivity index (χ3v) is 4.13. The Morgan fingerprint density at radius 1 is 1.22 bits per heavy atom. The molecule has 0 aliphatic heterocycles. The first-order valence-electron chi connectivity index (χ1n) is 8.20. The van der Waals surface area contributed by atoms with E-state index in [0.717, 1.165) is 5.56 Å². The van der Waals surface area contributed by atoms with Gasteiger partial charge < -0.3 is 20.4 Å². The summed E-state index contributed by atoms with van der Waals surface area (Å²) in [5, 5.41) is 2.55. The summed E-state index contributed by atoms with van der Waals surface area (Å²) >= 11 is 0. The monoisotopic (exact) mass is 369 g/mol. The zero-order valence-corrected chi connectivity index (χ0v) is 14.9. The minimum Gasteiger partial charge on any atom is -0.497 e. The number of carbonyl (C=O) groups is 2. The molecule has 0 bridgehead atoms. The highest BCUT2D eigenvalue weighted by atomic mass is 16.5. The molecule has 3 aromatic rings. The van der Waals surface area contributed by atoms with Gasteiger partial charge in [-0.15, -0.1) is 0 Å². The van der Waals surface area contributed by atoms with Crippen molar-refractivity contribution >= 4 is 17.5 Å². The fraction of sp³-hybridized carbons (Fsp3) is 0.222. The van der Waals surface area contributed by atoms with Gasteiger partial charge in [0.1, 0.15) is 11.4 Å². The van der Waals surface area contributed by atoms with Crippen molar-refractivity contribution in [3.63, 3.8) is 0 Å². The highest BCUT2D eigenvalue weighted by Gasteiger charge is 2.15. The molecule has 1 aromatic carbocycles. The van der Waals surface area contributed by atoms with Crippen LogP contribution < -0.4 is 21.3 Å². The Hall–Kier alpha value is -3.62. The number of nitrogens with two attached hydrogens (primary N) is 1. The topological polar surface area (TPSA) is 121 Å². The SMILES string of the molecule is COc1ccc(-c2cn3cc(C(=O)NCCC(N)=O)nc3c(=O)n2C)cc1. The van der Waals surface area contributed by atoms with E-state index in [0.29, 0.717) is 11.4 Å². The number of methoxy groups -OCH3 is 1. The molecule has 2 aromatic heterocycles. The van der Waals surface area contributed by atoms with E-state index in [1.54, 1.807) is 32.5 Å². The molecule has 27 heavy (non-hydrogen) atoms. The first kappa shape index (κ1) is 18.2. The number of amides is 2. The zero-order chi connectivity index (χ0) is 19.6. The van der Waals surface area contributed by atoms with E-state index < -0.39 is 11.8 Å². The average Bonchev–Trinajstić information content (AvgIpc) is 3.09. The minimum absolute atomic E-state index is 0.0303. The summed E-state index contributed by atoms with van der Waals surface area (Å²) in [7, 11) is 3.22. The van der Waals surface area contributed by atoms with Gasteiger partial charge in [-0.2, -0.15) is 0 Å². The molecule has 3 rings (SSSR count). The van der Waals surface area contributed by atoms with Crippen molar-refractivity contribution in [2.75, 3.05) is 13.7 Å². The number of hydrogen-bond donors (Lipinski definition) is 2. The van der Waals surface area contributed by atoms with E-state index in [4.69, 9.17) is 10.5 Å². The molecule has 140 valence electrons. The highest BCUT2D eigenvalue weighted by Crippen LogP contribution is 2.21. The summed E-state index contributed by atoms with van der Waals surface area (Å²) in [6.07, 6.45) is 3.23. The molecule has 0 spiro atoms. The van der Waals surface area contributed by atoms with Crippen molar-refractivity contribution < 1.29 is 14.3 Å². The van der Waals surface area contributed by atoms with Crippen molar-refractivity contribution in [3.05, 3.63) is 52.7 Å². The number of rotatable bonds is 6. The van der Waals surface area contributed by atoms with Gasteiger partial charge in [-0.25, -0.2) is 4.98 Å². The van der Waals surface area contributed by atoms with Crippen LogP contribution in [0.1, 0.15) is 16.9 Å². The van der Waals surface area contributed by atoms with Crippen LogP contribution in [-0.4, -0.2) is 39.4 Å². The van der Waals surface area contributed by atoms with Crippen LogP contribution in [0.4, 0.5) is 0 Å². The normalized spacial score (nSPS) is 10.7. The van der Waals surface area contributed by atoms with E-state index in [9.17, 15) is 14.4 Å². The number of carbonyl (C=O) groups excluding carboxylic acids is 2. The molecule has 0 aliphatic rings. The third kappa shape index (κ3) is 3.66. The lowest BCUT2D eigenvalue weighted by molar-refractivity contribution is -0.117. The molecule has 0 unspecified atom stereocenters. The van der Waals surface area contributed by atoms with Crippen molar-refractivity contribution in [2.24, 2.45) is 12.8 Å². The predicted octanol–water partition coefficient (Wildman–Crippen LogP) is 0.314. The number of aromatic nitrogens is 3. The van der Waals surface area contributed by atoms with Crippen LogP contribution >= 0.6 is 0 Å². The zero-order valence-electron chi connectivity index (χ0n) is 14.9. The fourth-order valence-corrected chi connectivity index (χ4v) is 2.66. The van der Waals surface area contributed by atoms with E-state index in [1.165, 1.54) is 15.2 Å². The first-order chi connectivity index (χ1) is 12.9. The summed E-state index contributed by atoms with van der Waals surface area (Å²) < 4.78 is 8.14. The van der Waals surface area contributed by atoms with Gasteiger partial charge >= 0.3 is 0 Å². The van der Waals surface area contributed by atoms with Gasteiger partial charge in [0.25, 0.3) is 11.5 Å². The summed E-state index contributed by atoms with van der Waals surface area (Å²) in [5.74, 6) is -0.279. The Morgan fingerprint density at radius 3 is 2.56 bits per heavy atom. The quantitative estimate of drug-likeness (QED) is 0.648. The number of ether oxygens (including phenoxy) is 1. The predicted molar refractivity (Wildman–Crippen MR) is 98.6 cm³/mol. The van der Waals surface area contributed by atoms with Gasteiger partial charge in [-0.1, -0.05) is 0 Å². The highest BCUT2D eigenvalue weighted by molar-refractivity contribution is 5.93. The van der Waals surface area contributed by atoms with E-state index in [-0.39, 0.29) is 29.9 Å². The van der Waals surface area contributed by atoms with Gasteiger partial charge in [0, 0.05) is 38.0 Å². The molecular weight excluding hydrogens is 350 g/mol. The Balaban J connectivity index is 1.96. The molecule has 0 fully saturated rings. The molecule has 0 saturated carbocycles. The Kier molecular flexibility index (Phi) is 4.93. The number of imidazole rings is 1. The molecule has 9 nitrogen and oxygen atoms in total. The van der Waals surface area contributed by atoms with Crippen LogP contribution in [0.5, 0.6) is 5.75 Å². The Labute approximate surface area is 154 Å². The summed E-state index contributed by atoms with van der Waals surface area (Å²) in [4.78, 5) is 39.7. The second-order valence-electron chi connectivity index (χ2n) is 5.94. The van der Waals surface area contributed by atoms with Crippen LogP contribution in [0.3, 0.4) is 0 Å². The maximum Gasteiger partial charge on any atom is 0.294 e. The van der Waals surface area contributed by atoms with Crippen LogP contribution in [0.2, 0.25) is 0 Å². The van der Waals surface area contributed by atoms with Gasteiger partial charge in [0.15, 0.2) is 0 Å². The molecule has 3 N–H and O–H groups in total. The third-order valence-electron chi connectivity index (χ3n) is 4.13. The number of benzene rings is 1. The largest absolute Gasteiger partial charge is 0.497 e. The molecular formula is C18H19N5O4. The van der Waals surface area contributed by atoms with Crippen molar-refractivity contribution in [1.29, 1.82) is 0 Å². The second-order valence-corrected chi connectivity index (χ2v) is 5.94. The lowest BCUT2D eigenvalue weighted by atomic mass is 10.1. The Bertz CT molecular complexity index is 1070. The number of primary amides is 1. The maximum absolute atomic E-state index is 12.6. The lowest BCUT2D eigenvalue weighted by Crippen LogP contribution is -2.28. The van der Waals surface area contributed by atoms with Crippen LogP contribution in [0, 0.1) is 0 Å². The minimum atomic E-state index is -0.511. The standard InChI is InChI=1S/C18H19N5O4/c1-22-14(11-3-5-12(27-2)6-4-11)10-23-9-13(21-16(23)18(22)26)17(25)20-8-7-15(19)24/h3-6,9-10H,7-8H2,1-2H3,(H2,19,24)(H,20,25). The number of hydrogen-bond acceptors (Lipinski definition) is 5. The molecule has 0 atom stereocenters. The summed E-state index contributed by atoms with van der Waals surface area (Å²) in [6, 6.07) is 7.28. The van der Waals surface area contributed by atoms with Gasteiger partial charge in [-0.05, 0) is 24.3 Å². The summed E-state index contributed by atoms with van der Waals surface area (Å²) in [5.41, 5.74) is 6.41. The van der Waals surface area contributed by atoms with E-state index in [2.05, 4.69) is 10.3 Å². The molecule has 2 heterocycles. The van der Waals surface area contributed by atoms with Crippen molar-refractivity contribution in [3.8, 4) is 17.0 Å². The van der Waals surface area contributed by atoms with Gasteiger partial charge in [0.05, 0.1) is 12.8 Å². The summed E-state index contributed by atoms with van der Waals surface area (Å²) in [6.45, 7) is 0.108. The molecule has 0 radical (unpaired) electrons. The molecule has 0 aliphatic carbocycles.